The molecule has 1 aliphatic rings. The predicted molar refractivity (Wildman–Crippen MR) is 101 cm³/mol. The van der Waals surface area contributed by atoms with Crippen molar-refractivity contribution >= 4 is 22.5 Å². The average molecular weight is 364 g/mol. The number of para-hydroxylation sites is 1. The number of rotatable bonds is 4. The third kappa shape index (κ3) is 2.67. The molecular weight excluding hydrogens is 344 g/mol. The minimum atomic E-state index is 0.307. The van der Waals surface area contributed by atoms with Crippen LogP contribution in [0.5, 0.6) is 5.75 Å². The Bertz CT molecular complexity index is 1130. The quantitative estimate of drug-likeness (QED) is 0.560. The van der Waals surface area contributed by atoms with Crippen LogP contribution in [0, 0.1) is 0 Å². The van der Waals surface area contributed by atoms with Gasteiger partial charge in [0.25, 0.3) is 0 Å². The summed E-state index contributed by atoms with van der Waals surface area (Å²) in [6.07, 6.45) is 3.66. The molecule has 4 aromatic rings. The maximum atomic E-state index is 6.11. The monoisotopic (exact) mass is 364 g/mol. The molecule has 0 saturated carbocycles. The minimum Gasteiger partial charge on any atom is -0.494 e. The number of aromatic amines is 1. The van der Waals surface area contributed by atoms with E-state index in [1.165, 1.54) is 11.3 Å². The van der Waals surface area contributed by atoms with E-state index in [1.807, 2.05) is 24.4 Å². The second-order valence-corrected chi connectivity index (χ2v) is 6.74. The van der Waals surface area contributed by atoms with Crippen molar-refractivity contribution in [3.63, 3.8) is 0 Å². The number of anilines is 1. The van der Waals surface area contributed by atoms with E-state index in [0.29, 0.717) is 22.9 Å². The molecule has 9 heteroatoms. The van der Waals surface area contributed by atoms with Crippen LogP contribution in [0.2, 0.25) is 0 Å². The third-order valence-corrected chi connectivity index (χ3v) is 5.09. The molecule has 3 aromatic heterocycles. The summed E-state index contributed by atoms with van der Waals surface area (Å²) in [5.74, 6) is 1.74. The van der Waals surface area contributed by atoms with Gasteiger partial charge in [-0.25, -0.2) is 9.97 Å². The molecule has 1 aromatic carbocycles. The summed E-state index contributed by atoms with van der Waals surface area (Å²) in [6.45, 7) is 2.80. The number of nitrogens with zero attached hydrogens (tertiary/aromatic N) is 6. The van der Waals surface area contributed by atoms with Gasteiger partial charge in [-0.3, -0.25) is 10.00 Å². The van der Waals surface area contributed by atoms with Gasteiger partial charge in [-0.1, -0.05) is 6.07 Å². The molecule has 0 aliphatic carbocycles. The number of hydrogen-bond acceptors (Lipinski definition) is 7. The van der Waals surface area contributed by atoms with Crippen LogP contribution in [0.4, 0.5) is 5.95 Å². The van der Waals surface area contributed by atoms with E-state index in [4.69, 9.17) is 15.5 Å². The van der Waals surface area contributed by atoms with Crippen molar-refractivity contribution < 1.29 is 4.74 Å². The van der Waals surface area contributed by atoms with E-state index in [0.717, 1.165) is 43.7 Å². The average Bonchev–Trinajstić information content (AvgIpc) is 3.33. The zero-order valence-corrected chi connectivity index (χ0v) is 15.0. The van der Waals surface area contributed by atoms with E-state index in [9.17, 15) is 0 Å². The van der Waals surface area contributed by atoms with Crippen LogP contribution in [0.1, 0.15) is 17.1 Å². The molecule has 1 aliphatic heterocycles. The standard InChI is InChI=1S/C18H20N8O/c1-27-14-4-2-3-12-16(14)22-18(19)26-17(12)21-15(24-26)6-8-25-7-5-13-11(10-25)9-20-23-13/h2-4,9H,5-8,10H2,1H3,(H2,19,22)(H,20,23). The van der Waals surface area contributed by atoms with Crippen LogP contribution in [0.25, 0.3) is 16.6 Å². The number of nitrogens with one attached hydrogen (secondary N) is 1. The molecule has 138 valence electrons. The summed E-state index contributed by atoms with van der Waals surface area (Å²) in [5.41, 5.74) is 10.0. The number of methoxy groups -OCH3 is 1. The molecule has 0 bridgehead atoms. The highest BCUT2D eigenvalue weighted by atomic mass is 16.5. The fourth-order valence-electron chi connectivity index (χ4n) is 3.67. The first-order valence-electron chi connectivity index (χ1n) is 8.94. The fraction of sp³-hybridized carbons (Fsp3) is 0.333. The SMILES string of the molecule is COc1cccc2c1nc(N)n1nc(CCN3CCc4[nH]ncc4C3)nc21. The molecule has 5 rings (SSSR count). The highest BCUT2D eigenvalue weighted by Gasteiger charge is 2.19. The molecule has 4 heterocycles. The molecule has 0 spiro atoms. The third-order valence-electron chi connectivity index (χ3n) is 5.09. The van der Waals surface area contributed by atoms with Crippen molar-refractivity contribution in [1.82, 2.24) is 34.7 Å². The lowest BCUT2D eigenvalue weighted by Crippen LogP contribution is -2.32. The Morgan fingerprint density at radius 2 is 2.22 bits per heavy atom. The number of aromatic nitrogens is 6. The number of ether oxygens (including phenoxy) is 1. The van der Waals surface area contributed by atoms with Crippen molar-refractivity contribution in [3.8, 4) is 5.75 Å². The van der Waals surface area contributed by atoms with E-state index < -0.39 is 0 Å². The van der Waals surface area contributed by atoms with E-state index >= 15 is 0 Å². The van der Waals surface area contributed by atoms with Gasteiger partial charge >= 0.3 is 0 Å². The van der Waals surface area contributed by atoms with Crippen molar-refractivity contribution in [2.75, 3.05) is 25.9 Å². The first-order chi connectivity index (χ1) is 13.2. The van der Waals surface area contributed by atoms with Gasteiger partial charge < -0.3 is 10.5 Å². The number of benzene rings is 1. The summed E-state index contributed by atoms with van der Waals surface area (Å²) in [6, 6.07) is 5.75. The second kappa shape index (κ2) is 6.20. The maximum absolute atomic E-state index is 6.11. The highest BCUT2D eigenvalue weighted by molar-refractivity contribution is 5.95. The van der Waals surface area contributed by atoms with Gasteiger partial charge in [0.1, 0.15) is 11.3 Å². The van der Waals surface area contributed by atoms with Gasteiger partial charge in [0, 0.05) is 49.1 Å². The topological polar surface area (TPSA) is 110 Å². The van der Waals surface area contributed by atoms with Gasteiger partial charge in [0.2, 0.25) is 5.95 Å². The molecule has 9 nitrogen and oxygen atoms in total. The Hall–Kier alpha value is -3.20. The van der Waals surface area contributed by atoms with Crippen LogP contribution in [0.15, 0.2) is 24.4 Å². The predicted octanol–water partition coefficient (Wildman–Crippen LogP) is 1.19. The molecule has 0 unspecified atom stereocenters. The van der Waals surface area contributed by atoms with Crippen LogP contribution in [-0.2, 0) is 19.4 Å². The first kappa shape index (κ1) is 16.0. The van der Waals surface area contributed by atoms with Crippen molar-refractivity contribution in [2.24, 2.45) is 0 Å². The molecular formula is C18H20N8O. The number of H-pyrrole nitrogens is 1. The molecule has 0 fully saturated rings. The van der Waals surface area contributed by atoms with Crippen molar-refractivity contribution in [1.29, 1.82) is 0 Å². The number of nitrogens with two attached hydrogens (primary N) is 1. The zero-order valence-electron chi connectivity index (χ0n) is 15.0. The lowest BCUT2D eigenvalue weighted by molar-refractivity contribution is 0.255. The van der Waals surface area contributed by atoms with Gasteiger partial charge in [0.05, 0.1) is 13.3 Å². The molecule has 3 N–H and O–H groups in total. The first-order valence-corrected chi connectivity index (χ1v) is 8.94. The Balaban J connectivity index is 1.43. The second-order valence-electron chi connectivity index (χ2n) is 6.74. The molecule has 0 radical (unpaired) electrons. The Kier molecular flexibility index (Phi) is 3.68. The van der Waals surface area contributed by atoms with E-state index in [2.05, 4.69) is 25.2 Å². The summed E-state index contributed by atoms with van der Waals surface area (Å²) >= 11 is 0. The Labute approximate surface area is 155 Å². The molecule has 27 heavy (non-hydrogen) atoms. The van der Waals surface area contributed by atoms with E-state index in [1.54, 1.807) is 11.6 Å². The number of fused-ring (bicyclic) bond motifs is 4. The summed E-state index contributed by atoms with van der Waals surface area (Å²) < 4.78 is 7.01. The normalized spacial score (nSPS) is 14.7. The Morgan fingerprint density at radius 3 is 3.11 bits per heavy atom. The fourth-order valence-corrected chi connectivity index (χ4v) is 3.67. The van der Waals surface area contributed by atoms with Gasteiger partial charge in [0.15, 0.2) is 11.5 Å². The van der Waals surface area contributed by atoms with Gasteiger partial charge in [-0.05, 0) is 12.1 Å². The summed E-state index contributed by atoms with van der Waals surface area (Å²) in [5, 5.41) is 12.6. The maximum Gasteiger partial charge on any atom is 0.223 e. The largest absolute Gasteiger partial charge is 0.494 e. The zero-order chi connectivity index (χ0) is 18.4. The molecule has 0 amide bonds. The van der Waals surface area contributed by atoms with Gasteiger partial charge in [-0.2, -0.15) is 9.61 Å². The molecule has 0 saturated heterocycles. The van der Waals surface area contributed by atoms with E-state index in [-0.39, 0.29) is 0 Å². The minimum absolute atomic E-state index is 0.307. The van der Waals surface area contributed by atoms with Crippen LogP contribution in [-0.4, -0.2) is 54.9 Å². The van der Waals surface area contributed by atoms with Gasteiger partial charge in [-0.15, -0.1) is 5.10 Å². The van der Waals surface area contributed by atoms with Crippen LogP contribution < -0.4 is 10.5 Å². The van der Waals surface area contributed by atoms with Crippen molar-refractivity contribution in [2.45, 2.75) is 19.4 Å². The summed E-state index contributed by atoms with van der Waals surface area (Å²) in [4.78, 5) is 11.6. The molecule has 0 atom stereocenters. The van der Waals surface area contributed by atoms with Crippen molar-refractivity contribution in [3.05, 3.63) is 41.5 Å². The van der Waals surface area contributed by atoms with Crippen LogP contribution >= 0.6 is 0 Å². The number of nitrogen functional groups attached to an aromatic ring is 1. The highest BCUT2D eigenvalue weighted by Crippen LogP contribution is 2.27. The lowest BCUT2D eigenvalue weighted by atomic mass is 10.1. The number of hydrogen-bond donors (Lipinski definition) is 2. The Morgan fingerprint density at radius 1 is 1.30 bits per heavy atom. The van der Waals surface area contributed by atoms with Crippen LogP contribution in [0.3, 0.4) is 0 Å². The summed E-state index contributed by atoms with van der Waals surface area (Å²) in [7, 11) is 1.62. The smallest absolute Gasteiger partial charge is 0.223 e. The lowest BCUT2D eigenvalue weighted by Gasteiger charge is -2.25.